The van der Waals surface area contributed by atoms with Gasteiger partial charge in [-0.25, -0.2) is 0 Å². The Hall–Kier alpha value is -1.66. The van der Waals surface area contributed by atoms with E-state index in [1.54, 1.807) is 12.1 Å². The van der Waals surface area contributed by atoms with Gasteiger partial charge in [0.2, 0.25) is 0 Å². The summed E-state index contributed by atoms with van der Waals surface area (Å²) in [6.45, 7) is 0. The van der Waals surface area contributed by atoms with Crippen LogP contribution in [-0.4, -0.2) is 10.2 Å². The summed E-state index contributed by atoms with van der Waals surface area (Å²) in [6.07, 6.45) is 0. The molecule has 2 N–H and O–H groups in total. The monoisotopic (exact) mass is 438 g/mol. The van der Waals surface area contributed by atoms with Crippen molar-refractivity contribution in [2.75, 3.05) is 0 Å². The second-order valence-corrected chi connectivity index (χ2v) is 5.36. The van der Waals surface area contributed by atoms with E-state index in [1.807, 2.05) is 60.7 Å². The zero-order chi connectivity index (χ0) is 15.1. The van der Waals surface area contributed by atoms with Crippen LogP contribution in [0.25, 0.3) is 32.7 Å². The molecule has 0 amide bonds. The number of benzene rings is 4. The molecular weight excluding hydrogens is 423 g/mol. The number of hydrogen-bond acceptors (Lipinski definition) is 2. The van der Waals surface area contributed by atoms with Crippen molar-refractivity contribution < 1.29 is 50.6 Å². The van der Waals surface area contributed by atoms with Crippen LogP contribution in [0.15, 0.2) is 72.8 Å². The standard InChI is InChI=1S/C20H14O2.Sm/c21-17-11-9-13-5-1-3-7-15(13)19(17)20-16-8-4-2-6-14(16)10-12-18(20)22;/h1-12,21-22H;. The molecule has 0 aromatic heterocycles. The number of rotatable bonds is 1. The number of fused-ring (bicyclic) bond motifs is 2. The van der Waals surface area contributed by atoms with Gasteiger partial charge in [-0.1, -0.05) is 60.7 Å². The third-order valence-electron chi connectivity index (χ3n) is 4.06. The summed E-state index contributed by atoms with van der Waals surface area (Å²) in [7, 11) is 0. The van der Waals surface area contributed by atoms with Crippen LogP contribution in [-0.2, 0) is 0 Å². The van der Waals surface area contributed by atoms with Crippen LogP contribution in [0.2, 0.25) is 0 Å². The van der Waals surface area contributed by atoms with Crippen molar-refractivity contribution in [3.63, 3.8) is 0 Å². The quantitative estimate of drug-likeness (QED) is 0.437. The van der Waals surface area contributed by atoms with Crippen molar-refractivity contribution in [2.45, 2.75) is 0 Å². The van der Waals surface area contributed by atoms with Gasteiger partial charge in [0.25, 0.3) is 0 Å². The summed E-state index contributed by atoms with van der Waals surface area (Å²) in [5, 5.41) is 24.8. The molecule has 0 fully saturated rings. The molecule has 0 unspecified atom stereocenters. The largest absolute Gasteiger partial charge is 0.507 e. The van der Waals surface area contributed by atoms with E-state index in [0.29, 0.717) is 11.1 Å². The van der Waals surface area contributed by atoms with E-state index < -0.39 is 0 Å². The van der Waals surface area contributed by atoms with Gasteiger partial charge < -0.3 is 10.2 Å². The normalized spacial score (nSPS) is 10.6. The Morgan fingerprint density at radius 1 is 0.478 bits per heavy atom. The summed E-state index contributed by atoms with van der Waals surface area (Å²) >= 11 is 0. The van der Waals surface area contributed by atoms with Crippen molar-refractivity contribution in [3.05, 3.63) is 72.8 Å². The summed E-state index contributed by atoms with van der Waals surface area (Å²) < 4.78 is 0. The van der Waals surface area contributed by atoms with Gasteiger partial charge in [-0.15, -0.1) is 0 Å². The van der Waals surface area contributed by atoms with Crippen molar-refractivity contribution in [3.8, 4) is 22.6 Å². The zero-order valence-electron chi connectivity index (χ0n) is 12.2. The fraction of sp³-hybridized carbons (Fsp3) is 0. The van der Waals surface area contributed by atoms with E-state index in [-0.39, 0.29) is 51.9 Å². The molecule has 2 nitrogen and oxygen atoms in total. The summed E-state index contributed by atoms with van der Waals surface area (Å²) in [5.74, 6) is 0.343. The second-order valence-electron chi connectivity index (χ2n) is 5.36. The van der Waals surface area contributed by atoms with Gasteiger partial charge in [-0.05, 0) is 33.7 Å². The second kappa shape index (κ2) is 6.45. The fourth-order valence-electron chi connectivity index (χ4n) is 3.05. The SMILES string of the molecule is Oc1ccc2ccccc2c1-c1c(O)ccc2ccccc12.[Sm]. The summed E-state index contributed by atoms with van der Waals surface area (Å²) in [6, 6.07) is 22.9. The molecule has 0 aliphatic carbocycles. The van der Waals surface area contributed by atoms with E-state index in [0.717, 1.165) is 21.5 Å². The fourth-order valence-corrected chi connectivity index (χ4v) is 3.05. The molecule has 0 bridgehead atoms. The first-order valence-corrected chi connectivity index (χ1v) is 7.17. The van der Waals surface area contributed by atoms with Crippen LogP contribution >= 0.6 is 0 Å². The number of hydrogen-bond donors (Lipinski definition) is 2. The van der Waals surface area contributed by atoms with Crippen molar-refractivity contribution >= 4 is 21.5 Å². The average Bonchev–Trinajstić information content (AvgIpc) is 2.56. The Morgan fingerprint density at radius 2 is 0.870 bits per heavy atom. The molecule has 0 spiro atoms. The molecule has 0 radical (unpaired) electrons. The smallest absolute Gasteiger partial charge is 0.124 e. The topological polar surface area (TPSA) is 40.5 Å². The molecule has 4 rings (SSSR count). The molecule has 0 heterocycles. The van der Waals surface area contributed by atoms with Gasteiger partial charge >= 0.3 is 0 Å². The number of aromatic hydroxyl groups is 2. The molecule has 23 heavy (non-hydrogen) atoms. The Bertz CT molecular complexity index is 925. The zero-order valence-corrected chi connectivity index (χ0v) is 14.9. The predicted molar refractivity (Wildman–Crippen MR) is 90.2 cm³/mol. The number of phenolic OH excluding ortho intramolecular Hbond substituents is 2. The van der Waals surface area contributed by atoms with Crippen LogP contribution in [0.3, 0.4) is 0 Å². The summed E-state index contributed by atoms with van der Waals surface area (Å²) in [4.78, 5) is 0. The minimum absolute atomic E-state index is 0. The molecular formula is C20H14O2Sm. The molecule has 4 aromatic carbocycles. The Morgan fingerprint density at radius 3 is 1.30 bits per heavy atom. The minimum Gasteiger partial charge on any atom is -0.507 e. The molecule has 0 aliphatic heterocycles. The average molecular weight is 437 g/mol. The first-order valence-electron chi connectivity index (χ1n) is 7.17. The first-order chi connectivity index (χ1) is 10.8. The maximum atomic E-state index is 10.4. The van der Waals surface area contributed by atoms with E-state index in [4.69, 9.17) is 0 Å². The predicted octanol–water partition coefficient (Wildman–Crippen LogP) is 5.07. The maximum Gasteiger partial charge on any atom is 0.124 e. The third kappa shape index (κ3) is 2.70. The van der Waals surface area contributed by atoms with Gasteiger partial charge in [-0.3, -0.25) is 0 Å². The van der Waals surface area contributed by atoms with E-state index >= 15 is 0 Å². The third-order valence-corrected chi connectivity index (χ3v) is 4.06. The van der Waals surface area contributed by atoms with Crippen molar-refractivity contribution in [1.29, 1.82) is 0 Å². The first kappa shape index (κ1) is 16.2. The van der Waals surface area contributed by atoms with Crippen LogP contribution in [0.4, 0.5) is 0 Å². The molecule has 0 aliphatic rings. The molecule has 0 saturated heterocycles. The van der Waals surface area contributed by atoms with E-state index in [9.17, 15) is 10.2 Å². The maximum absolute atomic E-state index is 10.4. The van der Waals surface area contributed by atoms with Crippen LogP contribution in [0.5, 0.6) is 11.5 Å². The Balaban J connectivity index is 0.00000156. The van der Waals surface area contributed by atoms with Gasteiger partial charge in [-0.2, -0.15) is 0 Å². The Kier molecular flexibility index (Phi) is 4.54. The van der Waals surface area contributed by atoms with Gasteiger partial charge in [0.15, 0.2) is 0 Å². The van der Waals surface area contributed by atoms with Gasteiger partial charge in [0.05, 0.1) is 0 Å². The molecule has 0 saturated carbocycles. The summed E-state index contributed by atoms with van der Waals surface area (Å²) in [5.41, 5.74) is 1.35. The van der Waals surface area contributed by atoms with Gasteiger partial charge in [0, 0.05) is 51.5 Å². The molecule has 0 atom stereocenters. The van der Waals surface area contributed by atoms with Gasteiger partial charge in [0.1, 0.15) is 11.5 Å². The Labute approximate surface area is 166 Å². The number of phenols is 2. The molecule has 4 aromatic rings. The molecule has 3 heteroatoms. The van der Waals surface area contributed by atoms with E-state index in [2.05, 4.69) is 0 Å². The molecule has 112 valence electrons. The minimum atomic E-state index is 0. The van der Waals surface area contributed by atoms with Crippen LogP contribution < -0.4 is 0 Å². The van der Waals surface area contributed by atoms with Crippen LogP contribution in [0.1, 0.15) is 0 Å². The van der Waals surface area contributed by atoms with Crippen LogP contribution in [0, 0.1) is 40.4 Å². The van der Waals surface area contributed by atoms with Crippen molar-refractivity contribution in [1.82, 2.24) is 0 Å². The van der Waals surface area contributed by atoms with Crippen molar-refractivity contribution in [2.24, 2.45) is 0 Å². The van der Waals surface area contributed by atoms with E-state index in [1.165, 1.54) is 0 Å².